The van der Waals surface area contributed by atoms with Crippen LogP contribution in [0.2, 0.25) is 0 Å². The third kappa shape index (κ3) is 5.01. The van der Waals surface area contributed by atoms with Crippen molar-refractivity contribution >= 4 is 15.9 Å². The number of nitrogens with one attached hydrogen (secondary N) is 2. The predicted molar refractivity (Wildman–Crippen MR) is 74.3 cm³/mol. The summed E-state index contributed by atoms with van der Waals surface area (Å²) in [5.74, 6) is 4.84. The lowest BCUT2D eigenvalue weighted by Gasteiger charge is -2.06. The summed E-state index contributed by atoms with van der Waals surface area (Å²) in [6.45, 7) is -0.268. The van der Waals surface area contributed by atoms with Crippen molar-refractivity contribution in [1.82, 2.24) is 10.0 Å². The first-order valence-corrected chi connectivity index (χ1v) is 7.38. The Morgan fingerprint density at radius 3 is 2.80 bits per heavy atom. The Morgan fingerprint density at radius 2 is 2.15 bits per heavy atom. The molecule has 0 saturated heterocycles. The van der Waals surface area contributed by atoms with Gasteiger partial charge in [-0.05, 0) is 18.2 Å². The smallest absolute Gasteiger partial charge is 0.240 e. The van der Waals surface area contributed by atoms with Gasteiger partial charge in [-0.3, -0.25) is 4.79 Å². The van der Waals surface area contributed by atoms with Crippen LogP contribution in [-0.2, 0) is 14.8 Å². The molecule has 1 amide bonds. The molecule has 0 fully saturated rings. The van der Waals surface area contributed by atoms with E-state index in [9.17, 15) is 13.2 Å². The third-order valence-corrected chi connectivity index (χ3v) is 3.84. The van der Waals surface area contributed by atoms with Crippen LogP contribution in [0.4, 0.5) is 0 Å². The summed E-state index contributed by atoms with van der Waals surface area (Å²) in [6, 6.07) is 6.05. The minimum absolute atomic E-state index is 0.0224. The lowest BCUT2D eigenvalue weighted by atomic mass is 10.2. The van der Waals surface area contributed by atoms with E-state index >= 15 is 0 Å². The van der Waals surface area contributed by atoms with Gasteiger partial charge in [-0.15, -0.1) is 0 Å². The number of amides is 1. The summed E-state index contributed by atoms with van der Waals surface area (Å²) in [5.41, 5.74) is 0.494. The standard InChI is InChI=1S/C13H16N2O4S/c1-14-13(17)7-8-15-20(18,19)12-6-2-4-11(10-12)5-3-9-16/h2,4,6,10,15-16H,7-9H2,1H3,(H,14,17). The fraction of sp³-hybridized carbons (Fsp3) is 0.308. The molecule has 1 aromatic carbocycles. The lowest BCUT2D eigenvalue weighted by Crippen LogP contribution is -2.29. The number of carbonyl (C=O) groups excluding carboxylic acids is 1. The highest BCUT2D eigenvalue weighted by molar-refractivity contribution is 7.89. The fourth-order valence-corrected chi connectivity index (χ4v) is 2.47. The SMILES string of the molecule is CNC(=O)CCNS(=O)(=O)c1cccc(C#CCO)c1. The summed E-state index contributed by atoms with van der Waals surface area (Å²) in [7, 11) is -2.19. The van der Waals surface area contributed by atoms with Crippen molar-refractivity contribution in [2.45, 2.75) is 11.3 Å². The van der Waals surface area contributed by atoms with Crippen molar-refractivity contribution in [3.8, 4) is 11.8 Å². The Bertz CT molecular complexity index is 629. The summed E-state index contributed by atoms with van der Waals surface area (Å²) in [6.07, 6.45) is 0.0692. The largest absolute Gasteiger partial charge is 0.384 e. The molecule has 0 aromatic heterocycles. The van der Waals surface area contributed by atoms with E-state index in [0.717, 1.165) is 0 Å². The highest BCUT2D eigenvalue weighted by atomic mass is 32.2. The minimum Gasteiger partial charge on any atom is -0.384 e. The molecular formula is C13H16N2O4S. The van der Waals surface area contributed by atoms with E-state index in [-0.39, 0.29) is 30.4 Å². The van der Waals surface area contributed by atoms with Crippen molar-refractivity contribution in [2.75, 3.05) is 20.2 Å². The average molecular weight is 296 g/mol. The number of sulfonamides is 1. The molecule has 7 heteroatoms. The molecule has 6 nitrogen and oxygen atoms in total. The molecule has 0 spiro atoms. The van der Waals surface area contributed by atoms with E-state index in [4.69, 9.17) is 5.11 Å². The van der Waals surface area contributed by atoms with Crippen molar-refractivity contribution in [3.63, 3.8) is 0 Å². The molecule has 108 valence electrons. The van der Waals surface area contributed by atoms with E-state index in [2.05, 4.69) is 21.9 Å². The molecule has 0 aliphatic rings. The molecule has 20 heavy (non-hydrogen) atoms. The van der Waals surface area contributed by atoms with Gasteiger partial charge in [0.25, 0.3) is 0 Å². The fourth-order valence-electron chi connectivity index (χ4n) is 1.39. The maximum atomic E-state index is 12.0. The third-order valence-electron chi connectivity index (χ3n) is 2.38. The van der Waals surface area contributed by atoms with Crippen LogP contribution >= 0.6 is 0 Å². The van der Waals surface area contributed by atoms with Crippen molar-refractivity contribution in [3.05, 3.63) is 29.8 Å². The number of carbonyl (C=O) groups is 1. The number of aliphatic hydroxyl groups excluding tert-OH is 1. The first-order chi connectivity index (χ1) is 9.49. The summed E-state index contributed by atoms with van der Waals surface area (Å²) < 4.78 is 26.3. The number of benzene rings is 1. The average Bonchev–Trinajstić information content (AvgIpc) is 2.45. The second kappa shape index (κ2) is 7.65. The van der Waals surface area contributed by atoms with Gasteiger partial charge in [-0.1, -0.05) is 17.9 Å². The molecule has 0 atom stereocenters. The summed E-state index contributed by atoms with van der Waals surface area (Å²) >= 11 is 0. The molecule has 1 aromatic rings. The predicted octanol–water partition coefficient (Wildman–Crippen LogP) is -0.555. The van der Waals surface area contributed by atoms with E-state index in [1.54, 1.807) is 12.1 Å². The second-order valence-electron chi connectivity index (χ2n) is 3.81. The van der Waals surface area contributed by atoms with Crippen LogP contribution in [0.3, 0.4) is 0 Å². The number of hydrogen-bond acceptors (Lipinski definition) is 4. The molecule has 0 aliphatic carbocycles. The Balaban J connectivity index is 2.79. The van der Waals surface area contributed by atoms with Crippen molar-refractivity contribution < 1.29 is 18.3 Å². The van der Waals surface area contributed by atoms with Crippen LogP contribution in [-0.4, -0.2) is 39.6 Å². The van der Waals surface area contributed by atoms with Crippen molar-refractivity contribution in [2.24, 2.45) is 0 Å². The summed E-state index contributed by atoms with van der Waals surface area (Å²) in [5, 5.41) is 11.0. The van der Waals surface area contributed by atoms with Crippen LogP contribution in [0.5, 0.6) is 0 Å². The minimum atomic E-state index is -3.67. The Kier molecular flexibility index (Phi) is 6.18. The zero-order valence-electron chi connectivity index (χ0n) is 11.0. The highest BCUT2D eigenvalue weighted by Gasteiger charge is 2.14. The van der Waals surface area contributed by atoms with Crippen LogP contribution in [0.15, 0.2) is 29.2 Å². The van der Waals surface area contributed by atoms with E-state index in [0.29, 0.717) is 5.56 Å². The second-order valence-corrected chi connectivity index (χ2v) is 5.58. The Hall–Kier alpha value is -1.88. The zero-order valence-corrected chi connectivity index (χ0v) is 11.8. The molecular weight excluding hydrogens is 280 g/mol. The van der Waals surface area contributed by atoms with E-state index < -0.39 is 10.0 Å². The van der Waals surface area contributed by atoms with Gasteiger partial charge >= 0.3 is 0 Å². The van der Waals surface area contributed by atoms with Crippen LogP contribution in [0.25, 0.3) is 0 Å². The highest BCUT2D eigenvalue weighted by Crippen LogP contribution is 2.10. The normalized spacial score (nSPS) is 10.5. The summed E-state index contributed by atoms with van der Waals surface area (Å²) in [4.78, 5) is 11.1. The molecule has 0 heterocycles. The molecule has 0 bridgehead atoms. The maximum absolute atomic E-state index is 12.0. The monoisotopic (exact) mass is 296 g/mol. The van der Waals surface area contributed by atoms with Crippen LogP contribution in [0, 0.1) is 11.8 Å². The van der Waals surface area contributed by atoms with Gasteiger partial charge in [0.2, 0.25) is 15.9 Å². The number of aliphatic hydroxyl groups is 1. The van der Waals surface area contributed by atoms with Gasteiger partial charge in [-0.25, -0.2) is 13.1 Å². The van der Waals surface area contributed by atoms with Crippen LogP contribution < -0.4 is 10.0 Å². The first-order valence-electron chi connectivity index (χ1n) is 5.89. The number of rotatable bonds is 5. The van der Waals surface area contributed by atoms with Gasteiger partial charge in [-0.2, -0.15) is 0 Å². The van der Waals surface area contributed by atoms with Crippen LogP contribution in [0.1, 0.15) is 12.0 Å². The molecule has 0 aliphatic heterocycles. The van der Waals surface area contributed by atoms with Gasteiger partial charge in [0.15, 0.2) is 0 Å². The maximum Gasteiger partial charge on any atom is 0.240 e. The molecule has 0 radical (unpaired) electrons. The molecule has 3 N–H and O–H groups in total. The van der Waals surface area contributed by atoms with Crippen molar-refractivity contribution in [1.29, 1.82) is 0 Å². The molecule has 1 rings (SSSR count). The molecule has 0 unspecified atom stereocenters. The van der Waals surface area contributed by atoms with Gasteiger partial charge in [0.05, 0.1) is 4.90 Å². The van der Waals surface area contributed by atoms with Gasteiger partial charge < -0.3 is 10.4 Å². The topological polar surface area (TPSA) is 95.5 Å². The van der Waals surface area contributed by atoms with E-state index in [1.165, 1.54) is 19.2 Å². The van der Waals surface area contributed by atoms with Gasteiger partial charge in [0.1, 0.15) is 6.61 Å². The zero-order chi connectivity index (χ0) is 15.0. The lowest BCUT2D eigenvalue weighted by molar-refractivity contribution is -0.120. The molecule has 0 saturated carbocycles. The Morgan fingerprint density at radius 1 is 1.40 bits per heavy atom. The first kappa shape index (κ1) is 16.2. The Labute approximate surface area is 118 Å². The van der Waals surface area contributed by atoms with Gasteiger partial charge in [0, 0.05) is 25.6 Å². The van der Waals surface area contributed by atoms with E-state index in [1.807, 2.05) is 0 Å². The number of hydrogen-bond donors (Lipinski definition) is 3. The quantitative estimate of drug-likeness (QED) is 0.635.